The van der Waals surface area contributed by atoms with E-state index in [0.29, 0.717) is 23.7 Å². The van der Waals surface area contributed by atoms with E-state index in [9.17, 15) is 4.79 Å². The molecule has 3 fully saturated rings. The first-order valence-corrected chi connectivity index (χ1v) is 8.04. The molecule has 108 valence electrons. The van der Waals surface area contributed by atoms with Gasteiger partial charge >= 0.3 is 5.97 Å². The highest BCUT2D eigenvalue weighted by Gasteiger charge is 3.05. The van der Waals surface area contributed by atoms with E-state index in [-0.39, 0.29) is 16.8 Å². The average Bonchev–Trinajstić information content (AvgIpc) is 2.85. The van der Waals surface area contributed by atoms with Crippen LogP contribution in [0, 0.1) is 17.3 Å². The van der Waals surface area contributed by atoms with Gasteiger partial charge in [0.2, 0.25) is 0 Å². The number of benzene rings is 2. The topological polar surface area (TPSA) is 26.3 Å². The van der Waals surface area contributed by atoms with Crippen LogP contribution in [-0.4, -0.2) is 13.1 Å². The lowest BCUT2D eigenvalue weighted by Gasteiger charge is -2.57. The Morgan fingerprint density at radius 3 is 2.00 bits per heavy atom. The number of esters is 1. The van der Waals surface area contributed by atoms with Gasteiger partial charge in [0.05, 0.1) is 12.5 Å². The van der Waals surface area contributed by atoms with Gasteiger partial charge in [0.1, 0.15) is 0 Å². The molecule has 4 atom stereocenters. The number of hydrogen-bond acceptors (Lipinski definition) is 2. The Hall–Kier alpha value is -2.09. The van der Waals surface area contributed by atoms with Gasteiger partial charge < -0.3 is 4.74 Å². The summed E-state index contributed by atoms with van der Waals surface area (Å²) in [4.78, 5) is 12.6. The van der Waals surface area contributed by atoms with Crippen molar-refractivity contribution in [3.05, 3.63) is 71.3 Å². The van der Waals surface area contributed by atoms with E-state index >= 15 is 0 Å². The fraction of sp³-hybridized carbons (Fsp3) is 0.350. The fourth-order valence-corrected chi connectivity index (χ4v) is 6.89. The molecule has 0 aromatic heterocycles. The van der Waals surface area contributed by atoms with Crippen molar-refractivity contribution in [2.45, 2.75) is 17.3 Å². The maximum atomic E-state index is 12.6. The van der Waals surface area contributed by atoms with Gasteiger partial charge in [-0.1, -0.05) is 54.6 Å². The zero-order valence-corrected chi connectivity index (χ0v) is 12.3. The van der Waals surface area contributed by atoms with Crippen molar-refractivity contribution < 1.29 is 9.53 Å². The van der Waals surface area contributed by atoms with Crippen LogP contribution in [-0.2, 0) is 14.9 Å². The molecule has 0 amide bonds. The van der Waals surface area contributed by atoms with Crippen molar-refractivity contribution in [1.82, 2.24) is 0 Å². The van der Waals surface area contributed by atoms with Crippen LogP contribution in [0.25, 0.3) is 0 Å². The summed E-state index contributed by atoms with van der Waals surface area (Å²) < 4.78 is 5.23. The summed E-state index contributed by atoms with van der Waals surface area (Å²) in [5.74, 6) is 2.08. The van der Waals surface area contributed by atoms with E-state index in [4.69, 9.17) is 4.74 Å². The number of fused-ring (bicyclic) bond motifs is 6. The van der Waals surface area contributed by atoms with Crippen molar-refractivity contribution in [3.63, 3.8) is 0 Å². The minimum absolute atomic E-state index is 0.0201. The van der Waals surface area contributed by atoms with E-state index in [2.05, 4.69) is 54.6 Å². The number of ether oxygens (including phenoxy) is 1. The molecule has 0 saturated heterocycles. The molecule has 0 bridgehead atoms. The Labute approximate surface area is 129 Å². The van der Waals surface area contributed by atoms with E-state index < -0.39 is 0 Å². The predicted octanol–water partition coefficient (Wildman–Crippen LogP) is 3.24. The van der Waals surface area contributed by atoms with Gasteiger partial charge in [-0.15, -0.1) is 0 Å². The largest absolute Gasteiger partial charge is 0.469 e. The summed E-state index contributed by atoms with van der Waals surface area (Å²) in [6.45, 7) is 0. The van der Waals surface area contributed by atoms with E-state index in [0.717, 1.165) is 0 Å². The highest BCUT2D eigenvalue weighted by molar-refractivity contribution is 5.95. The zero-order chi connectivity index (χ0) is 14.7. The van der Waals surface area contributed by atoms with Gasteiger partial charge in [-0.3, -0.25) is 4.79 Å². The SMILES string of the molecule is COC(=O)C12C3C1C1c4ccccc4C3C12c1ccccc1. The molecule has 2 aromatic rings. The summed E-state index contributed by atoms with van der Waals surface area (Å²) >= 11 is 0. The highest BCUT2D eigenvalue weighted by atomic mass is 16.5. The molecular formula is C20H16O2. The Balaban J connectivity index is 1.63. The van der Waals surface area contributed by atoms with Crippen molar-refractivity contribution in [3.8, 4) is 0 Å². The van der Waals surface area contributed by atoms with Gasteiger partial charge in [-0.2, -0.15) is 0 Å². The molecule has 0 aliphatic heterocycles. The van der Waals surface area contributed by atoms with Gasteiger partial charge in [0, 0.05) is 5.41 Å². The number of carbonyl (C=O) groups excluding carboxylic acids is 1. The summed E-state index contributed by atoms with van der Waals surface area (Å²) in [6, 6.07) is 19.5. The standard InChI is InChI=1S/C20H16O2/c1-22-18(21)20-16-14-12-9-5-6-10-13(12)15(17(16)20)19(14,20)11-7-3-2-4-8-11/h2-10,14-17H,1H3. The van der Waals surface area contributed by atoms with Gasteiger partial charge in [-0.25, -0.2) is 0 Å². The number of rotatable bonds is 2. The van der Waals surface area contributed by atoms with Gasteiger partial charge in [-0.05, 0) is 40.4 Å². The van der Waals surface area contributed by atoms with Crippen LogP contribution in [0.4, 0.5) is 0 Å². The molecule has 22 heavy (non-hydrogen) atoms. The Bertz CT molecular complexity index is 801. The number of hydrogen-bond donors (Lipinski definition) is 0. The second-order valence-corrected chi connectivity index (χ2v) is 7.23. The molecule has 6 rings (SSSR count). The summed E-state index contributed by atoms with van der Waals surface area (Å²) in [5.41, 5.74) is 4.04. The minimum Gasteiger partial charge on any atom is -0.469 e. The van der Waals surface area contributed by atoms with Crippen LogP contribution >= 0.6 is 0 Å². The molecular weight excluding hydrogens is 272 g/mol. The monoisotopic (exact) mass is 288 g/mol. The third-order valence-electron chi connectivity index (χ3n) is 7.15. The lowest BCUT2D eigenvalue weighted by atomic mass is 9.43. The summed E-state index contributed by atoms with van der Waals surface area (Å²) in [5, 5.41) is 0. The van der Waals surface area contributed by atoms with Crippen LogP contribution in [0.3, 0.4) is 0 Å². The van der Waals surface area contributed by atoms with E-state index in [1.165, 1.54) is 23.8 Å². The molecule has 4 unspecified atom stereocenters. The highest BCUT2D eigenvalue weighted by Crippen LogP contribution is 3.04. The van der Waals surface area contributed by atoms with Crippen LogP contribution in [0.5, 0.6) is 0 Å². The molecule has 2 aromatic carbocycles. The summed E-state index contributed by atoms with van der Waals surface area (Å²) in [6.07, 6.45) is 0. The summed E-state index contributed by atoms with van der Waals surface area (Å²) in [7, 11) is 1.54. The second kappa shape index (κ2) is 3.15. The molecule has 0 radical (unpaired) electrons. The number of carbonyl (C=O) groups is 1. The molecule has 0 N–H and O–H groups in total. The Morgan fingerprint density at radius 2 is 1.45 bits per heavy atom. The molecule has 0 heterocycles. The number of methoxy groups -OCH3 is 1. The molecule has 2 nitrogen and oxygen atoms in total. The molecule has 4 aliphatic carbocycles. The molecule has 4 aliphatic rings. The Morgan fingerprint density at radius 1 is 0.909 bits per heavy atom. The van der Waals surface area contributed by atoms with Crippen molar-refractivity contribution in [2.75, 3.05) is 7.11 Å². The van der Waals surface area contributed by atoms with Crippen LogP contribution < -0.4 is 0 Å². The van der Waals surface area contributed by atoms with Crippen molar-refractivity contribution in [1.29, 1.82) is 0 Å². The average molecular weight is 288 g/mol. The maximum absolute atomic E-state index is 12.6. The lowest BCUT2D eigenvalue weighted by Crippen LogP contribution is -2.61. The first-order chi connectivity index (χ1) is 10.8. The molecule has 3 saturated carbocycles. The van der Waals surface area contributed by atoms with E-state index in [1.807, 2.05) is 0 Å². The molecule has 2 heteroatoms. The first kappa shape index (κ1) is 11.5. The Kier molecular flexibility index (Phi) is 1.64. The van der Waals surface area contributed by atoms with Crippen molar-refractivity contribution in [2.24, 2.45) is 17.3 Å². The second-order valence-electron chi connectivity index (χ2n) is 7.23. The predicted molar refractivity (Wildman–Crippen MR) is 81.5 cm³/mol. The van der Waals surface area contributed by atoms with Gasteiger partial charge in [0.25, 0.3) is 0 Å². The first-order valence-electron chi connectivity index (χ1n) is 8.04. The normalized spacial score (nSPS) is 44.2. The quantitative estimate of drug-likeness (QED) is 0.793. The fourth-order valence-electron chi connectivity index (χ4n) is 6.89. The van der Waals surface area contributed by atoms with Crippen LogP contribution in [0.15, 0.2) is 54.6 Å². The van der Waals surface area contributed by atoms with Crippen LogP contribution in [0.2, 0.25) is 0 Å². The zero-order valence-electron chi connectivity index (χ0n) is 12.3. The van der Waals surface area contributed by atoms with Crippen molar-refractivity contribution >= 4 is 5.97 Å². The smallest absolute Gasteiger partial charge is 0.313 e. The third kappa shape index (κ3) is 0.763. The lowest BCUT2D eigenvalue weighted by molar-refractivity contribution is -0.164. The third-order valence-corrected chi connectivity index (χ3v) is 7.15. The van der Waals surface area contributed by atoms with Gasteiger partial charge in [0.15, 0.2) is 0 Å². The maximum Gasteiger partial charge on any atom is 0.313 e. The van der Waals surface area contributed by atoms with Crippen LogP contribution in [0.1, 0.15) is 28.5 Å². The minimum atomic E-state index is -0.225. The van der Waals surface area contributed by atoms with E-state index in [1.54, 1.807) is 0 Å². The molecule has 0 spiro atoms.